The number of halogens is 2. The van der Waals surface area contributed by atoms with Crippen molar-refractivity contribution in [3.63, 3.8) is 0 Å². The highest BCUT2D eigenvalue weighted by atomic mass is 79.9. The van der Waals surface area contributed by atoms with Crippen LogP contribution in [0.5, 0.6) is 0 Å². The Morgan fingerprint density at radius 3 is 2.95 bits per heavy atom. The number of nitrogens with zero attached hydrogens (tertiary/aromatic N) is 3. The van der Waals surface area contributed by atoms with Crippen LogP contribution in [0.15, 0.2) is 53.2 Å². The summed E-state index contributed by atoms with van der Waals surface area (Å²) in [5.41, 5.74) is 1.55. The first kappa shape index (κ1) is 12.3. The molecule has 0 fully saturated rings. The smallest absolute Gasteiger partial charge is 0.139 e. The molecule has 0 aliphatic heterocycles. The van der Waals surface area contributed by atoms with Crippen molar-refractivity contribution in [2.45, 2.75) is 12.3 Å². The second kappa shape index (κ2) is 5.09. The molecule has 3 rings (SSSR count). The predicted molar refractivity (Wildman–Crippen MR) is 74.7 cm³/mol. The average Bonchev–Trinajstić information content (AvgIpc) is 2.93. The molecule has 2 aromatic rings. The van der Waals surface area contributed by atoms with E-state index < -0.39 is 0 Å². The van der Waals surface area contributed by atoms with Gasteiger partial charge in [0.1, 0.15) is 5.82 Å². The first-order chi connectivity index (χ1) is 9.24. The molecule has 3 nitrogen and oxygen atoms in total. The van der Waals surface area contributed by atoms with Crippen LogP contribution in [0.3, 0.4) is 0 Å². The van der Waals surface area contributed by atoms with Gasteiger partial charge in [-0.1, -0.05) is 29.5 Å². The molecule has 0 radical (unpaired) electrons. The lowest BCUT2D eigenvalue weighted by atomic mass is 9.98. The maximum atomic E-state index is 13.5. The number of allylic oxidation sites excluding steroid dienone is 4. The third kappa shape index (κ3) is 2.51. The highest BCUT2D eigenvalue weighted by Gasteiger charge is 2.13. The molecular formula is C14H11BrFN3. The second-order valence-corrected chi connectivity index (χ2v) is 5.20. The summed E-state index contributed by atoms with van der Waals surface area (Å²) in [6, 6.07) is 4.89. The standard InChI is InChI=1S/C14H11BrFN3/c15-12-7-6-11(8-13(12)16)19-9-14(17-18-19)10-4-2-1-3-5-10/h1-4,6-10H,5H2. The molecule has 1 aromatic heterocycles. The molecule has 1 aromatic carbocycles. The zero-order valence-electron chi connectivity index (χ0n) is 10.0. The van der Waals surface area contributed by atoms with E-state index in [-0.39, 0.29) is 11.7 Å². The zero-order valence-corrected chi connectivity index (χ0v) is 11.6. The van der Waals surface area contributed by atoms with Crippen LogP contribution in [0.4, 0.5) is 4.39 Å². The van der Waals surface area contributed by atoms with Gasteiger partial charge >= 0.3 is 0 Å². The molecule has 0 N–H and O–H groups in total. The highest BCUT2D eigenvalue weighted by Crippen LogP contribution is 2.24. The Morgan fingerprint density at radius 2 is 2.21 bits per heavy atom. The SMILES string of the molecule is Fc1cc(-n2cc(C3C=CC=CC3)nn2)ccc1Br. The molecule has 19 heavy (non-hydrogen) atoms. The quantitative estimate of drug-likeness (QED) is 0.843. The van der Waals surface area contributed by atoms with Crippen molar-refractivity contribution in [1.82, 2.24) is 15.0 Å². The maximum Gasteiger partial charge on any atom is 0.139 e. The van der Waals surface area contributed by atoms with Crippen molar-refractivity contribution in [3.8, 4) is 5.69 Å². The van der Waals surface area contributed by atoms with E-state index in [4.69, 9.17) is 0 Å². The van der Waals surface area contributed by atoms with Crippen molar-refractivity contribution in [2.24, 2.45) is 0 Å². The molecule has 1 aliphatic rings. The second-order valence-electron chi connectivity index (χ2n) is 4.34. The van der Waals surface area contributed by atoms with Gasteiger partial charge in [-0.3, -0.25) is 0 Å². The van der Waals surface area contributed by atoms with Gasteiger partial charge in [-0.05, 0) is 34.5 Å². The van der Waals surface area contributed by atoms with E-state index in [1.54, 1.807) is 16.8 Å². The van der Waals surface area contributed by atoms with Gasteiger partial charge in [-0.15, -0.1) is 5.10 Å². The summed E-state index contributed by atoms with van der Waals surface area (Å²) in [6.45, 7) is 0. The lowest BCUT2D eigenvalue weighted by molar-refractivity contribution is 0.618. The van der Waals surface area contributed by atoms with Crippen molar-refractivity contribution in [3.05, 3.63) is 64.7 Å². The lowest BCUT2D eigenvalue weighted by Gasteiger charge is -2.08. The number of rotatable bonds is 2. The van der Waals surface area contributed by atoms with Gasteiger partial charge in [0.15, 0.2) is 0 Å². The van der Waals surface area contributed by atoms with Gasteiger partial charge < -0.3 is 0 Å². The van der Waals surface area contributed by atoms with E-state index in [1.165, 1.54) is 6.07 Å². The average molecular weight is 320 g/mol. The van der Waals surface area contributed by atoms with E-state index in [0.717, 1.165) is 12.1 Å². The highest BCUT2D eigenvalue weighted by molar-refractivity contribution is 9.10. The summed E-state index contributed by atoms with van der Waals surface area (Å²) in [5, 5.41) is 8.22. The molecule has 1 aliphatic carbocycles. The van der Waals surface area contributed by atoms with Gasteiger partial charge in [0.25, 0.3) is 0 Å². The van der Waals surface area contributed by atoms with Crippen LogP contribution < -0.4 is 0 Å². The molecule has 5 heteroatoms. The fourth-order valence-corrected chi connectivity index (χ4v) is 2.25. The molecule has 0 spiro atoms. The van der Waals surface area contributed by atoms with Crippen molar-refractivity contribution < 1.29 is 4.39 Å². The van der Waals surface area contributed by atoms with Crippen LogP contribution in [-0.2, 0) is 0 Å². The topological polar surface area (TPSA) is 30.7 Å². The Hall–Kier alpha value is -1.75. The molecular weight excluding hydrogens is 309 g/mol. The number of hydrogen-bond acceptors (Lipinski definition) is 2. The number of aromatic nitrogens is 3. The summed E-state index contributed by atoms with van der Waals surface area (Å²) in [4.78, 5) is 0. The third-order valence-corrected chi connectivity index (χ3v) is 3.68. The van der Waals surface area contributed by atoms with Gasteiger partial charge in [0.05, 0.1) is 22.1 Å². The molecule has 1 atom stereocenters. The molecule has 0 saturated heterocycles. The van der Waals surface area contributed by atoms with E-state index >= 15 is 0 Å². The van der Waals surface area contributed by atoms with Gasteiger partial charge in [0.2, 0.25) is 0 Å². The predicted octanol–water partition coefficient (Wildman–Crippen LogP) is 3.77. The van der Waals surface area contributed by atoms with Crippen molar-refractivity contribution in [1.29, 1.82) is 0 Å². The molecule has 0 saturated carbocycles. The van der Waals surface area contributed by atoms with Crippen LogP contribution in [0.25, 0.3) is 5.69 Å². The minimum Gasteiger partial charge on any atom is -0.220 e. The summed E-state index contributed by atoms with van der Waals surface area (Å²) >= 11 is 3.13. The number of hydrogen-bond donors (Lipinski definition) is 0. The fraction of sp³-hybridized carbons (Fsp3) is 0.143. The molecule has 0 amide bonds. The van der Waals surface area contributed by atoms with E-state index in [9.17, 15) is 4.39 Å². The van der Waals surface area contributed by atoms with Gasteiger partial charge in [-0.2, -0.15) is 0 Å². The monoisotopic (exact) mass is 319 g/mol. The summed E-state index contributed by atoms with van der Waals surface area (Å²) in [7, 11) is 0. The Balaban J connectivity index is 1.90. The van der Waals surface area contributed by atoms with Crippen molar-refractivity contribution in [2.75, 3.05) is 0 Å². The zero-order chi connectivity index (χ0) is 13.2. The Labute approximate surface area is 118 Å². The molecule has 0 bridgehead atoms. The largest absolute Gasteiger partial charge is 0.220 e. The van der Waals surface area contributed by atoms with Crippen molar-refractivity contribution >= 4 is 15.9 Å². The lowest BCUT2D eigenvalue weighted by Crippen LogP contribution is -1.97. The summed E-state index contributed by atoms with van der Waals surface area (Å²) in [6.07, 6.45) is 11.0. The number of benzene rings is 1. The Morgan fingerprint density at radius 1 is 1.32 bits per heavy atom. The van der Waals surface area contributed by atoms with E-state index in [1.807, 2.05) is 18.3 Å². The van der Waals surface area contributed by atoms with Crippen LogP contribution >= 0.6 is 15.9 Å². The normalized spacial score (nSPS) is 17.9. The Kier molecular flexibility index (Phi) is 3.29. The van der Waals surface area contributed by atoms with Crippen LogP contribution in [0, 0.1) is 5.82 Å². The van der Waals surface area contributed by atoms with E-state index in [0.29, 0.717) is 10.2 Å². The molecule has 1 unspecified atom stereocenters. The maximum absolute atomic E-state index is 13.5. The fourth-order valence-electron chi connectivity index (χ4n) is 2.00. The van der Waals surface area contributed by atoms with Crippen LogP contribution in [-0.4, -0.2) is 15.0 Å². The first-order valence-corrected chi connectivity index (χ1v) is 6.74. The van der Waals surface area contributed by atoms with Gasteiger partial charge in [-0.25, -0.2) is 9.07 Å². The molecule has 96 valence electrons. The molecule has 1 heterocycles. The minimum absolute atomic E-state index is 0.249. The third-order valence-electron chi connectivity index (χ3n) is 3.04. The Bertz CT molecular complexity index is 660. The van der Waals surface area contributed by atoms with Crippen LogP contribution in [0.2, 0.25) is 0 Å². The van der Waals surface area contributed by atoms with Crippen LogP contribution in [0.1, 0.15) is 18.0 Å². The first-order valence-electron chi connectivity index (χ1n) is 5.95. The summed E-state index contributed by atoms with van der Waals surface area (Å²) < 4.78 is 15.5. The minimum atomic E-state index is -0.310. The van der Waals surface area contributed by atoms with E-state index in [2.05, 4.69) is 38.4 Å². The van der Waals surface area contributed by atoms with Gasteiger partial charge in [0, 0.05) is 12.0 Å². The summed E-state index contributed by atoms with van der Waals surface area (Å²) in [5.74, 6) is -0.0610.